The number of hydrogen-bond donors (Lipinski definition) is 1. The van der Waals surface area contributed by atoms with Crippen LogP contribution in [0.1, 0.15) is 25.6 Å². The Balaban J connectivity index is 2.00. The zero-order valence-corrected chi connectivity index (χ0v) is 13.2. The van der Waals surface area contributed by atoms with Crippen LogP contribution in [0.2, 0.25) is 0 Å². The summed E-state index contributed by atoms with van der Waals surface area (Å²) >= 11 is 1.41. The lowest BCUT2D eigenvalue weighted by Crippen LogP contribution is -2.26. The largest absolute Gasteiger partial charge is 0.355 e. The number of amides is 1. The summed E-state index contributed by atoms with van der Waals surface area (Å²) in [4.78, 5) is 11.8. The number of unbranched alkanes of at least 4 members (excludes halogenated alkanes) is 1. The van der Waals surface area contributed by atoms with E-state index in [0.29, 0.717) is 5.75 Å². The van der Waals surface area contributed by atoms with Crippen LogP contribution < -0.4 is 5.32 Å². The number of benzene rings is 1. The summed E-state index contributed by atoms with van der Waals surface area (Å²) in [6.07, 6.45) is 2.09. The van der Waals surface area contributed by atoms with Gasteiger partial charge >= 0.3 is 0 Å². The third kappa shape index (κ3) is 4.32. The number of aryl methyl sites for hydroxylation is 1. The van der Waals surface area contributed by atoms with Crippen LogP contribution in [0, 0.1) is 6.92 Å². The van der Waals surface area contributed by atoms with Crippen molar-refractivity contribution in [1.82, 2.24) is 20.1 Å². The molecular weight excluding hydrogens is 284 g/mol. The highest BCUT2D eigenvalue weighted by Crippen LogP contribution is 2.21. The van der Waals surface area contributed by atoms with Gasteiger partial charge in [-0.15, -0.1) is 10.2 Å². The predicted octanol–water partition coefficient (Wildman–Crippen LogP) is 2.58. The molecule has 0 atom stereocenters. The lowest BCUT2D eigenvalue weighted by Gasteiger charge is -2.08. The van der Waals surface area contributed by atoms with E-state index < -0.39 is 0 Å². The van der Waals surface area contributed by atoms with E-state index in [2.05, 4.69) is 22.4 Å². The van der Waals surface area contributed by atoms with Gasteiger partial charge in [0.25, 0.3) is 0 Å². The van der Waals surface area contributed by atoms with Gasteiger partial charge < -0.3 is 5.32 Å². The molecule has 2 aromatic rings. The smallest absolute Gasteiger partial charge is 0.230 e. The SMILES string of the molecule is CCCCNC(=O)CSc1nnc(C)n1-c1ccccc1. The van der Waals surface area contributed by atoms with Gasteiger partial charge in [-0.2, -0.15) is 0 Å². The van der Waals surface area contributed by atoms with Gasteiger partial charge in [0.1, 0.15) is 5.82 Å². The topological polar surface area (TPSA) is 59.8 Å². The summed E-state index contributed by atoms with van der Waals surface area (Å²) in [6.45, 7) is 4.75. The molecule has 0 saturated heterocycles. The van der Waals surface area contributed by atoms with Crippen LogP contribution in [-0.2, 0) is 4.79 Å². The number of para-hydroxylation sites is 1. The Morgan fingerprint density at radius 3 is 2.76 bits per heavy atom. The van der Waals surface area contributed by atoms with Crippen molar-refractivity contribution in [3.05, 3.63) is 36.2 Å². The van der Waals surface area contributed by atoms with E-state index in [1.807, 2.05) is 41.8 Å². The van der Waals surface area contributed by atoms with Crippen molar-refractivity contribution in [3.8, 4) is 5.69 Å². The lowest BCUT2D eigenvalue weighted by molar-refractivity contribution is -0.118. The fourth-order valence-electron chi connectivity index (χ4n) is 1.90. The number of carbonyl (C=O) groups excluding carboxylic acids is 1. The van der Waals surface area contributed by atoms with Crippen molar-refractivity contribution in [2.45, 2.75) is 31.8 Å². The lowest BCUT2D eigenvalue weighted by atomic mass is 10.3. The van der Waals surface area contributed by atoms with Crippen LogP contribution in [-0.4, -0.2) is 33.0 Å². The molecule has 1 N–H and O–H groups in total. The van der Waals surface area contributed by atoms with Gasteiger partial charge in [-0.25, -0.2) is 0 Å². The first-order chi connectivity index (χ1) is 10.2. The summed E-state index contributed by atoms with van der Waals surface area (Å²) in [5.74, 6) is 1.21. The number of hydrogen-bond acceptors (Lipinski definition) is 4. The third-order valence-corrected chi connectivity index (χ3v) is 3.92. The molecule has 1 heterocycles. The summed E-state index contributed by atoms with van der Waals surface area (Å²) in [5.41, 5.74) is 1.01. The average Bonchev–Trinajstić information content (AvgIpc) is 2.87. The van der Waals surface area contributed by atoms with Crippen LogP contribution in [0.3, 0.4) is 0 Å². The summed E-state index contributed by atoms with van der Waals surface area (Å²) in [6, 6.07) is 9.92. The molecule has 1 aromatic carbocycles. The summed E-state index contributed by atoms with van der Waals surface area (Å²) in [5, 5.41) is 11.9. The maximum atomic E-state index is 11.8. The second kappa shape index (κ2) is 7.83. The molecule has 0 fully saturated rings. The number of aromatic nitrogens is 3. The van der Waals surface area contributed by atoms with E-state index in [1.54, 1.807) is 0 Å². The number of thioether (sulfide) groups is 1. The quantitative estimate of drug-likeness (QED) is 0.631. The Kier molecular flexibility index (Phi) is 5.80. The normalized spacial score (nSPS) is 10.6. The monoisotopic (exact) mass is 304 g/mol. The van der Waals surface area contributed by atoms with Crippen LogP contribution in [0.4, 0.5) is 0 Å². The van der Waals surface area contributed by atoms with Crippen molar-refractivity contribution in [2.75, 3.05) is 12.3 Å². The molecule has 0 spiro atoms. The van der Waals surface area contributed by atoms with E-state index >= 15 is 0 Å². The minimum absolute atomic E-state index is 0.0358. The Labute approximate surface area is 129 Å². The second-order valence-corrected chi connectivity index (χ2v) is 5.64. The predicted molar refractivity (Wildman–Crippen MR) is 84.7 cm³/mol. The Bertz CT molecular complexity index is 583. The summed E-state index contributed by atoms with van der Waals surface area (Å²) < 4.78 is 1.96. The molecule has 0 aliphatic heterocycles. The molecular formula is C15H20N4OS. The zero-order chi connectivity index (χ0) is 15.1. The first kappa shape index (κ1) is 15.6. The van der Waals surface area contributed by atoms with Gasteiger partial charge in [0.2, 0.25) is 5.91 Å². The molecule has 0 aliphatic rings. The fraction of sp³-hybridized carbons (Fsp3) is 0.400. The van der Waals surface area contributed by atoms with E-state index in [9.17, 15) is 4.79 Å². The highest BCUT2D eigenvalue weighted by molar-refractivity contribution is 7.99. The molecule has 0 aliphatic carbocycles. The molecule has 0 bridgehead atoms. The molecule has 1 amide bonds. The maximum Gasteiger partial charge on any atom is 0.230 e. The van der Waals surface area contributed by atoms with Crippen molar-refractivity contribution in [3.63, 3.8) is 0 Å². The van der Waals surface area contributed by atoms with Crippen LogP contribution in [0.15, 0.2) is 35.5 Å². The third-order valence-electron chi connectivity index (χ3n) is 2.99. The van der Waals surface area contributed by atoms with Gasteiger partial charge in [-0.1, -0.05) is 43.3 Å². The van der Waals surface area contributed by atoms with Gasteiger partial charge in [-0.3, -0.25) is 9.36 Å². The van der Waals surface area contributed by atoms with E-state index in [1.165, 1.54) is 11.8 Å². The Morgan fingerprint density at radius 2 is 2.05 bits per heavy atom. The average molecular weight is 304 g/mol. The number of carbonyl (C=O) groups is 1. The molecule has 2 rings (SSSR count). The molecule has 112 valence electrons. The maximum absolute atomic E-state index is 11.8. The van der Waals surface area contributed by atoms with Gasteiger partial charge in [-0.05, 0) is 25.5 Å². The number of rotatable bonds is 7. The highest BCUT2D eigenvalue weighted by atomic mass is 32.2. The van der Waals surface area contributed by atoms with Crippen molar-refractivity contribution in [1.29, 1.82) is 0 Å². The molecule has 0 saturated carbocycles. The molecule has 1 aromatic heterocycles. The number of nitrogens with one attached hydrogen (secondary N) is 1. The van der Waals surface area contributed by atoms with Crippen LogP contribution in [0.25, 0.3) is 5.69 Å². The van der Waals surface area contributed by atoms with Crippen LogP contribution in [0.5, 0.6) is 0 Å². The van der Waals surface area contributed by atoms with E-state index in [0.717, 1.165) is 36.1 Å². The zero-order valence-electron chi connectivity index (χ0n) is 12.4. The number of nitrogens with zero attached hydrogens (tertiary/aromatic N) is 3. The van der Waals surface area contributed by atoms with E-state index in [4.69, 9.17) is 0 Å². The first-order valence-corrected chi connectivity index (χ1v) is 8.08. The van der Waals surface area contributed by atoms with E-state index in [-0.39, 0.29) is 5.91 Å². The van der Waals surface area contributed by atoms with Gasteiger partial charge in [0, 0.05) is 12.2 Å². The van der Waals surface area contributed by atoms with Gasteiger partial charge in [0.05, 0.1) is 5.75 Å². The van der Waals surface area contributed by atoms with Crippen molar-refractivity contribution < 1.29 is 4.79 Å². The molecule has 5 nitrogen and oxygen atoms in total. The van der Waals surface area contributed by atoms with Crippen molar-refractivity contribution in [2.24, 2.45) is 0 Å². The second-order valence-electron chi connectivity index (χ2n) is 4.69. The Hall–Kier alpha value is -1.82. The minimum atomic E-state index is 0.0358. The van der Waals surface area contributed by atoms with Crippen LogP contribution >= 0.6 is 11.8 Å². The molecule has 21 heavy (non-hydrogen) atoms. The summed E-state index contributed by atoms with van der Waals surface area (Å²) in [7, 11) is 0. The first-order valence-electron chi connectivity index (χ1n) is 7.09. The highest BCUT2D eigenvalue weighted by Gasteiger charge is 2.12. The molecule has 0 unspecified atom stereocenters. The molecule has 6 heteroatoms. The Morgan fingerprint density at radius 1 is 1.29 bits per heavy atom. The van der Waals surface area contributed by atoms with Gasteiger partial charge in [0.15, 0.2) is 5.16 Å². The molecule has 0 radical (unpaired) electrons. The fourth-order valence-corrected chi connectivity index (χ4v) is 2.72. The van der Waals surface area contributed by atoms with Crippen molar-refractivity contribution >= 4 is 17.7 Å². The minimum Gasteiger partial charge on any atom is -0.355 e. The standard InChI is InChI=1S/C15H20N4OS/c1-3-4-10-16-14(20)11-21-15-18-17-12(2)19(15)13-8-6-5-7-9-13/h5-9H,3-4,10-11H2,1-2H3,(H,16,20).